The van der Waals surface area contributed by atoms with E-state index in [4.69, 9.17) is 23.2 Å². The molecule has 1 N–H and O–H groups in total. The molecule has 4 nitrogen and oxygen atoms in total. The van der Waals surface area contributed by atoms with Gasteiger partial charge < -0.3 is 5.32 Å². The zero-order valence-electron chi connectivity index (χ0n) is 10.7. The van der Waals surface area contributed by atoms with Crippen LogP contribution in [0.3, 0.4) is 0 Å². The lowest BCUT2D eigenvalue weighted by atomic mass is 10.4. The van der Waals surface area contributed by atoms with Gasteiger partial charge in [-0.05, 0) is 35.7 Å². The second kappa shape index (κ2) is 6.78. The van der Waals surface area contributed by atoms with Gasteiger partial charge in [0.05, 0.1) is 9.77 Å². The van der Waals surface area contributed by atoms with E-state index >= 15 is 0 Å². The van der Waals surface area contributed by atoms with E-state index in [-0.39, 0.29) is 4.90 Å². The van der Waals surface area contributed by atoms with Crippen molar-refractivity contribution in [1.29, 1.82) is 0 Å². The molecule has 0 radical (unpaired) electrons. The van der Waals surface area contributed by atoms with E-state index in [2.05, 4.69) is 5.32 Å². The highest BCUT2D eigenvalue weighted by Crippen LogP contribution is 2.25. The van der Waals surface area contributed by atoms with E-state index in [0.29, 0.717) is 4.88 Å². The Labute approximate surface area is 140 Å². The predicted octanol–water partition coefficient (Wildman–Crippen LogP) is 3.70. The van der Waals surface area contributed by atoms with Gasteiger partial charge >= 0.3 is 0 Å². The summed E-state index contributed by atoms with van der Waals surface area (Å²) in [6, 6.07) is 7.23. The van der Waals surface area contributed by atoms with E-state index < -0.39 is 31.1 Å². The quantitative estimate of drug-likeness (QED) is 0.823. The molecule has 2 rings (SSSR count). The van der Waals surface area contributed by atoms with E-state index in [1.165, 1.54) is 6.07 Å². The summed E-state index contributed by atoms with van der Waals surface area (Å²) in [5, 5.41) is 3.19. The van der Waals surface area contributed by atoms with E-state index in [9.17, 15) is 17.6 Å². The smallest absolute Gasteiger partial charge is 0.266 e. The van der Waals surface area contributed by atoms with Gasteiger partial charge in [0.2, 0.25) is 9.84 Å². The Hall–Kier alpha value is -1.41. The zero-order chi connectivity index (χ0) is 16.3. The summed E-state index contributed by atoms with van der Waals surface area (Å²) in [6.45, 7) is 0. The molecule has 0 aliphatic rings. The van der Waals surface area contributed by atoms with Gasteiger partial charge in [0.25, 0.3) is 5.91 Å². The molecule has 1 heterocycles. The van der Waals surface area contributed by atoms with Crippen molar-refractivity contribution in [3.63, 3.8) is 0 Å². The van der Waals surface area contributed by atoms with Gasteiger partial charge in [-0.2, -0.15) is 0 Å². The molecule has 0 atom stereocenters. The second-order valence-corrected chi connectivity index (χ2v) is 7.76. The molecule has 1 aromatic heterocycles. The molecule has 0 unspecified atom stereocenters. The molecule has 2 aromatic rings. The fraction of sp³-hybridized carbons (Fsp3) is 0. The molecule has 0 fully saturated rings. The van der Waals surface area contributed by atoms with Gasteiger partial charge in [0, 0.05) is 0 Å². The third-order valence-electron chi connectivity index (χ3n) is 2.54. The highest BCUT2D eigenvalue weighted by molar-refractivity contribution is 7.95. The molecule has 0 spiro atoms. The third-order valence-corrected chi connectivity index (χ3v) is 5.74. The topological polar surface area (TPSA) is 63.2 Å². The molecule has 0 aliphatic heterocycles. The Morgan fingerprint density at radius 3 is 2.27 bits per heavy atom. The van der Waals surface area contributed by atoms with Crippen LogP contribution in [0.2, 0.25) is 0 Å². The minimum absolute atomic E-state index is 0.242. The van der Waals surface area contributed by atoms with E-state index in [1.54, 1.807) is 11.4 Å². The van der Waals surface area contributed by atoms with Crippen molar-refractivity contribution >= 4 is 50.3 Å². The van der Waals surface area contributed by atoms with Crippen molar-refractivity contribution in [3.05, 3.63) is 62.0 Å². The Morgan fingerprint density at radius 1 is 1.14 bits per heavy atom. The Kier molecular flexibility index (Phi) is 5.23. The SMILES string of the molecule is O=C(NC(=C(Cl)Cl)S(=O)(=O)c1ccc(F)cc1)c1cccs1. The van der Waals surface area contributed by atoms with Crippen LogP contribution in [-0.2, 0) is 9.84 Å². The van der Waals surface area contributed by atoms with Gasteiger partial charge in [-0.3, -0.25) is 4.79 Å². The lowest BCUT2D eigenvalue weighted by molar-refractivity contribution is 0.0972. The molecule has 0 saturated heterocycles. The molecule has 1 amide bonds. The van der Waals surface area contributed by atoms with Crippen molar-refractivity contribution in [2.45, 2.75) is 4.90 Å². The van der Waals surface area contributed by atoms with Crippen molar-refractivity contribution < 1.29 is 17.6 Å². The first-order valence-electron chi connectivity index (χ1n) is 5.73. The standard InChI is InChI=1S/C13H8Cl2FNO3S2/c14-11(15)13(17-12(18)10-2-1-7-21-10)22(19,20)9-5-3-8(16)4-6-9/h1-7H,(H,17,18). The molecule has 22 heavy (non-hydrogen) atoms. The summed E-state index contributed by atoms with van der Waals surface area (Å²) < 4.78 is 37.1. The van der Waals surface area contributed by atoms with Crippen LogP contribution in [0.15, 0.2) is 56.2 Å². The van der Waals surface area contributed by atoms with Gasteiger partial charge in [0.15, 0.2) is 5.03 Å². The number of sulfone groups is 1. The summed E-state index contributed by atoms with van der Waals surface area (Å²) in [7, 11) is -4.18. The number of thiophene rings is 1. The van der Waals surface area contributed by atoms with Crippen LogP contribution in [0, 0.1) is 5.82 Å². The second-order valence-electron chi connectivity index (χ2n) is 3.98. The number of carbonyl (C=O) groups is 1. The summed E-state index contributed by atoms with van der Waals surface area (Å²) >= 11 is 12.3. The van der Waals surface area contributed by atoms with Gasteiger partial charge in [-0.15, -0.1) is 11.3 Å². The highest BCUT2D eigenvalue weighted by Gasteiger charge is 2.26. The molecule has 116 valence electrons. The fourth-order valence-corrected chi connectivity index (χ4v) is 4.00. The lowest BCUT2D eigenvalue weighted by Gasteiger charge is -2.10. The molecule has 9 heteroatoms. The minimum Gasteiger partial charge on any atom is -0.309 e. The number of amides is 1. The van der Waals surface area contributed by atoms with Crippen molar-refractivity contribution in [3.8, 4) is 0 Å². The molecular formula is C13H8Cl2FNO3S2. The van der Waals surface area contributed by atoms with Crippen LogP contribution >= 0.6 is 34.5 Å². The number of halogens is 3. The molecule has 0 aliphatic carbocycles. The average Bonchev–Trinajstić information content (AvgIpc) is 2.98. The zero-order valence-corrected chi connectivity index (χ0v) is 13.9. The number of hydrogen-bond acceptors (Lipinski definition) is 4. The molecule has 0 bridgehead atoms. The Morgan fingerprint density at radius 2 is 1.77 bits per heavy atom. The first-order chi connectivity index (χ1) is 10.3. The maximum Gasteiger partial charge on any atom is 0.266 e. The van der Waals surface area contributed by atoms with Gasteiger partial charge in [0.1, 0.15) is 10.3 Å². The predicted molar refractivity (Wildman–Crippen MR) is 84.1 cm³/mol. The third kappa shape index (κ3) is 3.67. The fourth-order valence-electron chi connectivity index (χ4n) is 1.52. The van der Waals surface area contributed by atoms with E-state index in [0.717, 1.165) is 35.6 Å². The van der Waals surface area contributed by atoms with Crippen molar-refractivity contribution in [2.75, 3.05) is 0 Å². The first kappa shape index (κ1) is 17.0. The van der Waals surface area contributed by atoms with Crippen LogP contribution < -0.4 is 5.32 Å². The summed E-state index contributed by atoms with van der Waals surface area (Å²) in [5.41, 5.74) is 0. The van der Waals surface area contributed by atoms with Gasteiger partial charge in [-0.1, -0.05) is 29.3 Å². The maximum absolute atomic E-state index is 12.9. The number of carbonyl (C=O) groups excluding carboxylic acids is 1. The van der Waals surface area contributed by atoms with Crippen LogP contribution in [0.1, 0.15) is 9.67 Å². The number of benzene rings is 1. The van der Waals surface area contributed by atoms with E-state index in [1.807, 2.05) is 0 Å². The highest BCUT2D eigenvalue weighted by atomic mass is 35.5. The largest absolute Gasteiger partial charge is 0.309 e. The van der Waals surface area contributed by atoms with Crippen molar-refractivity contribution in [1.82, 2.24) is 5.32 Å². The Balaban J connectivity index is 2.38. The Bertz CT molecular complexity index is 811. The number of rotatable bonds is 4. The lowest BCUT2D eigenvalue weighted by Crippen LogP contribution is -2.27. The van der Waals surface area contributed by atoms with Crippen LogP contribution in [-0.4, -0.2) is 14.3 Å². The maximum atomic E-state index is 12.9. The van der Waals surface area contributed by atoms with Crippen LogP contribution in [0.25, 0.3) is 0 Å². The van der Waals surface area contributed by atoms with Crippen molar-refractivity contribution in [2.24, 2.45) is 0 Å². The molecule has 1 aromatic carbocycles. The first-order valence-corrected chi connectivity index (χ1v) is 8.85. The summed E-state index contributed by atoms with van der Waals surface area (Å²) in [4.78, 5) is 12.0. The summed E-state index contributed by atoms with van der Waals surface area (Å²) in [6.07, 6.45) is 0. The average molecular weight is 380 g/mol. The van der Waals surface area contributed by atoms with Gasteiger partial charge in [-0.25, -0.2) is 12.8 Å². The minimum atomic E-state index is -4.18. The number of nitrogens with one attached hydrogen (secondary N) is 1. The number of hydrogen-bond donors (Lipinski definition) is 1. The monoisotopic (exact) mass is 379 g/mol. The normalized spacial score (nSPS) is 11.0. The molecular weight excluding hydrogens is 372 g/mol. The molecule has 0 saturated carbocycles. The van der Waals surface area contributed by atoms with Crippen LogP contribution in [0.4, 0.5) is 4.39 Å². The van der Waals surface area contributed by atoms with Crippen LogP contribution in [0.5, 0.6) is 0 Å². The summed E-state index contributed by atoms with van der Waals surface area (Å²) in [5.74, 6) is -1.25.